The molecule has 3 heteroatoms. The number of esters is 1. The Morgan fingerprint density at radius 2 is 2.60 bits per heavy atom. The molecule has 0 saturated carbocycles. The summed E-state index contributed by atoms with van der Waals surface area (Å²) in [5.41, 5.74) is 4.77. The van der Waals surface area contributed by atoms with Crippen LogP contribution in [0.25, 0.3) is 0 Å². The normalized spacial score (nSPS) is 39.4. The van der Waals surface area contributed by atoms with Crippen LogP contribution in [-0.4, -0.2) is 18.1 Å². The summed E-state index contributed by atoms with van der Waals surface area (Å²) in [6, 6.07) is 0. The summed E-state index contributed by atoms with van der Waals surface area (Å²) in [6.07, 6.45) is 1.66. The van der Waals surface area contributed by atoms with E-state index in [0.717, 1.165) is 0 Å². The van der Waals surface area contributed by atoms with Gasteiger partial charge < -0.3 is 10.5 Å². The third-order valence-electron chi connectivity index (χ3n) is 1.89. The Kier molecular flexibility index (Phi) is 1.52. The van der Waals surface area contributed by atoms with Gasteiger partial charge in [0.05, 0.1) is 6.61 Å². The molecule has 0 aromatic carbocycles. The summed E-state index contributed by atoms with van der Waals surface area (Å²) in [5, 5.41) is 0. The standard InChI is InChI=1S/C7H11NO2/c1-3-5-4-10-6(9)7(5,2)8/h3,5H,1,4,8H2,2H3. The van der Waals surface area contributed by atoms with Crippen molar-refractivity contribution in [2.45, 2.75) is 12.5 Å². The second-order valence-corrected chi connectivity index (χ2v) is 2.72. The van der Waals surface area contributed by atoms with Gasteiger partial charge in [-0.1, -0.05) is 6.08 Å². The van der Waals surface area contributed by atoms with Crippen LogP contribution in [0.4, 0.5) is 0 Å². The Morgan fingerprint density at radius 3 is 2.80 bits per heavy atom. The van der Waals surface area contributed by atoms with E-state index >= 15 is 0 Å². The lowest BCUT2D eigenvalue weighted by atomic mass is 9.90. The van der Waals surface area contributed by atoms with Gasteiger partial charge in [-0.2, -0.15) is 0 Å². The first-order valence-electron chi connectivity index (χ1n) is 3.17. The summed E-state index contributed by atoms with van der Waals surface area (Å²) in [6.45, 7) is 5.59. The third-order valence-corrected chi connectivity index (χ3v) is 1.89. The average molecular weight is 141 g/mol. The molecule has 1 saturated heterocycles. The first-order chi connectivity index (χ1) is 4.59. The number of rotatable bonds is 1. The molecule has 1 aliphatic heterocycles. The molecule has 0 bridgehead atoms. The topological polar surface area (TPSA) is 52.3 Å². The summed E-state index contributed by atoms with van der Waals surface area (Å²) >= 11 is 0. The van der Waals surface area contributed by atoms with Gasteiger partial charge in [0, 0.05) is 5.92 Å². The molecule has 0 radical (unpaired) electrons. The van der Waals surface area contributed by atoms with Gasteiger partial charge in [0.15, 0.2) is 0 Å². The van der Waals surface area contributed by atoms with E-state index in [0.29, 0.717) is 6.61 Å². The molecule has 1 fully saturated rings. The average Bonchev–Trinajstić information content (AvgIpc) is 2.10. The molecule has 2 atom stereocenters. The fourth-order valence-electron chi connectivity index (χ4n) is 0.958. The summed E-state index contributed by atoms with van der Waals surface area (Å²) < 4.78 is 4.74. The molecule has 10 heavy (non-hydrogen) atoms. The largest absolute Gasteiger partial charge is 0.464 e. The monoisotopic (exact) mass is 141 g/mol. The van der Waals surface area contributed by atoms with E-state index in [-0.39, 0.29) is 11.9 Å². The third kappa shape index (κ3) is 0.827. The molecule has 1 rings (SSSR count). The molecule has 0 aromatic rings. The van der Waals surface area contributed by atoms with Crippen molar-refractivity contribution < 1.29 is 9.53 Å². The van der Waals surface area contributed by atoms with E-state index < -0.39 is 5.54 Å². The minimum atomic E-state index is -0.859. The number of ether oxygens (including phenoxy) is 1. The highest BCUT2D eigenvalue weighted by atomic mass is 16.5. The number of cyclic esters (lactones) is 1. The molecule has 0 aliphatic carbocycles. The molecule has 0 spiro atoms. The quantitative estimate of drug-likeness (QED) is 0.415. The van der Waals surface area contributed by atoms with Crippen molar-refractivity contribution >= 4 is 5.97 Å². The Labute approximate surface area is 59.8 Å². The SMILES string of the molecule is C=CC1COC(=O)C1(C)N. The lowest BCUT2D eigenvalue weighted by Crippen LogP contribution is -2.46. The number of hydrogen-bond acceptors (Lipinski definition) is 3. The van der Waals surface area contributed by atoms with Crippen molar-refractivity contribution in [2.24, 2.45) is 11.7 Å². The van der Waals surface area contributed by atoms with Crippen LogP contribution in [0, 0.1) is 5.92 Å². The van der Waals surface area contributed by atoms with Crippen molar-refractivity contribution in [1.29, 1.82) is 0 Å². The summed E-state index contributed by atoms with van der Waals surface area (Å²) in [5.74, 6) is -0.377. The zero-order chi connectivity index (χ0) is 7.78. The molecule has 3 nitrogen and oxygen atoms in total. The molecule has 2 unspecified atom stereocenters. The molecular weight excluding hydrogens is 130 g/mol. The van der Waals surface area contributed by atoms with Crippen LogP contribution in [0.2, 0.25) is 0 Å². The fraction of sp³-hybridized carbons (Fsp3) is 0.571. The number of hydrogen-bond donors (Lipinski definition) is 1. The second-order valence-electron chi connectivity index (χ2n) is 2.72. The Hall–Kier alpha value is -0.830. The van der Waals surface area contributed by atoms with Crippen molar-refractivity contribution in [1.82, 2.24) is 0 Å². The van der Waals surface area contributed by atoms with Crippen LogP contribution in [0.3, 0.4) is 0 Å². The van der Waals surface area contributed by atoms with E-state index in [2.05, 4.69) is 6.58 Å². The maximum atomic E-state index is 10.9. The van der Waals surface area contributed by atoms with Gasteiger partial charge in [0.2, 0.25) is 0 Å². The number of nitrogens with two attached hydrogens (primary N) is 1. The van der Waals surface area contributed by atoms with Crippen LogP contribution in [-0.2, 0) is 9.53 Å². The Bertz CT molecular complexity index is 174. The van der Waals surface area contributed by atoms with Gasteiger partial charge in [-0.25, -0.2) is 0 Å². The molecular formula is C7H11NO2. The highest BCUT2D eigenvalue weighted by Gasteiger charge is 2.43. The van der Waals surface area contributed by atoms with E-state index in [9.17, 15) is 4.79 Å². The molecule has 0 amide bonds. The van der Waals surface area contributed by atoms with Crippen LogP contribution in [0.1, 0.15) is 6.92 Å². The highest BCUT2D eigenvalue weighted by Crippen LogP contribution is 2.24. The maximum absolute atomic E-state index is 10.9. The van der Waals surface area contributed by atoms with Gasteiger partial charge in [0.25, 0.3) is 0 Å². The van der Waals surface area contributed by atoms with Crippen molar-refractivity contribution in [3.63, 3.8) is 0 Å². The van der Waals surface area contributed by atoms with Gasteiger partial charge in [-0.3, -0.25) is 4.79 Å². The second kappa shape index (κ2) is 2.09. The van der Waals surface area contributed by atoms with Crippen molar-refractivity contribution in [2.75, 3.05) is 6.61 Å². The van der Waals surface area contributed by atoms with Crippen molar-refractivity contribution in [3.05, 3.63) is 12.7 Å². The van der Waals surface area contributed by atoms with Gasteiger partial charge in [-0.05, 0) is 6.92 Å². The van der Waals surface area contributed by atoms with E-state index in [1.165, 1.54) is 0 Å². The predicted molar refractivity (Wildman–Crippen MR) is 37.2 cm³/mol. The fourth-order valence-corrected chi connectivity index (χ4v) is 0.958. The first-order valence-corrected chi connectivity index (χ1v) is 3.17. The maximum Gasteiger partial charge on any atom is 0.326 e. The molecule has 0 aromatic heterocycles. The lowest BCUT2D eigenvalue weighted by molar-refractivity contribution is -0.141. The van der Waals surface area contributed by atoms with Gasteiger partial charge in [-0.15, -0.1) is 6.58 Å². The van der Waals surface area contributed by atoms with Crippen LogP contribution in [0.15, 0.2) is 12.7 Å². The first kappa shape index (κ1) is 7.28. The zero-order valence-electron chi connectivity index (χ0n) is 5.96. The molecule has 2 N–H and O–H groups in total. The Balaban J connectivity index is 2.83. The lowest BCUT2D eigenvalue weighted by Gasteiger charge is -2.17. The Morgan fingerprint density at radius 1 is 2.00 bits per heavy atom. The highest BCUT2D eigenvalue weighted by molar-refractivity contribution is 5.82. The molecule has 56 valence electrons. The minimum absolute atomic E-state index is 0.0417. The number of carbonyl (C=O) groups is 1. The van der Waals surface area contributed by atoms with Gasteiger partial charge in [0.1, 0.15) is 5.54 Å². The van der Waals surface area contributed by atoms with Crippen LogP contribution < -0.4 is 5.73 Å². The smallest absolute Gasteiger partial charge is 0.326 e. The van der Waals surface area contributed by atoms with E-state index in [1.807, 2.05) is 0 Å². The summed E-state index contributed by atoms with van der Waals surface area (Å²) in [4.78, 5) is 10.9. The number of carbonyl (C=O) groups excluding carboxylic acids is 1. The van der Waals surface area contributed by atoms with E-state index in [4.69, 9.17) is 10.5 Å². The molecule has 1 aliphatic rings. The summed E-state index contributed by atoms with van der Waals surface area (Å²) in [7, 11) is 0. The minimum Gasteiger partial charge on any atom is -0.464 e. The van der Waals surface area contributed by atoms with E-state index in [1.54, 1.807) is 13.0 Å². The van der Waals surface area contributed by atoms with Gasteiger partial charge >= 0.3 is 5.97 Å². The van der Waals surface area contributed by atoms with Crippen LogP contribution >= 0.6 is 0 Å². The predicted octanol–water partition coefficient (Wildman–Crippen LogP) is 0.0628. The van der Waals surface area contributed by atoms with Crippen LogP contribution in [0.5, 0.6) is 0 Å². The zero-order valence-corrected chi connectivity index (χ0v) is 5.96. The van der Waals surface area contributed by atoms with Crippen molar-refractivity contribution in [3.8, 4) is 0 Å². The molecule has 1 heterocycles.